The van der Waals surface area contributed by atoms with Crippen molar-refractivity contribution in [3.8, 4) is 5.75 Å². The molecule has 0 heterocycles. The standard InChI is InChI=1S/C18H20N2O2/c1-22-17-11-9-16(10-12-17)14-20-18(21)19-13-5-8-15-6-3-2-4-7-15/h2-12H,13-14H2,1H3,(H2,19,20,21)/b8-5+. The smallest absolute Gasteiger partial charge is 0.315 e. The molecule has 0 unspecified atom stereocenters. The minimum absolute atomic E-state index is 0.187. The van der Waals surface area contributed by atoms with Crippen LogP contribution in [0.4, 0.5) is 4.79 Å². The maximum absolute atomic E-state index is 11.7. The van der Waals surface area contributed by atoms with Crippen LogP contribution in [0.3, 0.4) is 0 Å². The zero-order valence-electron chi connectivity index (χ0n) is 12.6. The molecule has 0 bridgehead atoms. The molecular weight excluding hydrogens is 276 g/mol. The summed E-state index contributed by atoms with van der Waals surface area (Å²) < 4.78 is 5.09. The Morgan fingerprint density at radius 1 is 1.05 bits per heavy atom. The molecule has 0 saturated heterocycles. The van der Waals surface area contributed by atoms with Gasteiger partial charge in [0, 0.05) is 13.1 Å². The van der Waals surface area contributed by atoms with Crippen LogP contribution in [0.15, 0.2) is 60.7 Å². The minimum atomic E-state index is -0.187. The van der Waals surface area contributed by atoms with Crippen molar-refractivity contribution < 1.29 is 9.53 Å². The Morgan fingerprint density at radius 3 is 2.45 bits per heavy atom. The van der Waals surface area contributed by atoms with Crippen molar-refractivity contribution in [1.82, 2.24) is 10.6 Å². The molecule has 2 rings (SSSR count). The molecule has 2 N–H and O–H groups in total. The molecule has 0 aliphatic heterocycles. The topological polar surface area (TPSA) is 50.4 Å². The van der Waals surface area contributed by atoms with Gasteiger partial charge in [0.1, 0.15) is 5.75 Å². The number of rotatable bonds is 6. The van der Waals surface area contributed by atoms with Crippen LogP contribution in [0.2, 0.25) is 0 Å². The monoisotopic (exact) mass is 296 g/mol. The molecular formula is C18H20N2O2. The van der Waals surface area contributed by atoms with Gasteiger partial charge in [0.15, 0.2) is 0 Å². The summed E-state index contributed by atoms with van der Waals surface area (Å²) in [6, 6.07) is 17.4. The van der Waals surface area contributed by atoms with Crippen molar-refractivity contribution in [2.24, 2.45) is 0 Å². The number of methoxy groups -OCH3 is 1. The van der Waals surface area contributed by atoms with Crippen LogP contribution in [0.5, 0.6) is 5.75 Å². The zero-order valence-corrected chi connectivity index (χ0v) is 12.6. The van der Waals surface area contributed by atoms with E-state index in [1.807, 2.05) is 66.7 Å². The Morgan fingerprint density at radius 2 is 1.77 bits per heavy atom. The summed E-state index contributed by atoms with van der Waals surface area (Å²) in [7, 11) is 1.63. The number of carbonyl (C=O) groups excluding carboxylic acids is 1. The van der Waals surface area contributed by atoms with E-state index in [9.17, 15) is 4.79 Å². The second kappa shape index (κ2) is 8.52. The highest BCUT2D eigenvalue weighted by atomic mass is 16.5. The van der Waals surface area contributed by atoms with E-state index < -0.39 is 0 Å². The first kappa shape index (κ1) is 15.6. The first-order valence-electron chi connectivity index (χ1n) is 7.14. The lowest BCUT2D eigenvalue weighted by atomic mass is 10.2. The van der Waals surface area contributed by atoms with Gasteiger partial charge >= 0.3 is 6.03 Å². The van der Waals surface area contributed by atoms with Crippen LogP contribution in [0.25, 0.3) is 6.08 Å². The van der Waals surface area contributed by atoms with E-state index in [1.165, 1.54) is 0 Å². The number of carbonyl (C=O) groups is 1. The summed E-state index contributed by atoms with van der Waals surface area (Å²) in [4.78, 5) is 11.7. The number of hydrogen-bond acceptors (Lipinski definition) is 2. The molecule has 4 nitrogen and oxygen atoms in total. The fraction of sp³-hybridized carbons (Fsp3) is 0.167. The van der Waals surface area contributed by atoms with Crippen LogP contribution in [-0.2, 0) is 6.54 Å². The third kappa shape index (κ3) is 5.32. The molecule has 22 heavy (non-hydrogen) atoms. The Hall–Kier alpha value is -2.75. The number of amides is 2. The number of ether oxygens (including phenoxy) is 1. The van der Waals surface area contributed by atoms with Crippen molar-refractivity contribution in [3.05, 3.63) is 71.8 Å². The van der Waals surface area contributed by atoms with Crippen LogP contribution in [0.1, 0.15) is 11.1 Å². The molecule has 0 saturated carbocycles. The number of hydrogen-bond donors (Lipinski definition) is 2. The van der Waals surface area contributed by atoms with Crippen molar-refractivity contribution in [3.63, 3.8) is 0 Å². The highest BCUT2D eigenvalue weighted by Crippen LogP contribution is 2.10. The average molecular weight is 296 g/mol. The SMILES string of the molecule is COc1ccc(CNC(=O)NC/C=C/c2ccccc2)cc1. The lowest BCUT2D eigenvalue weighted by Gasteiger charge is -2.06. The predicted octanol–water partition coefficient (Wildman–Crippen LogP) is 3.21. The molecule has 0 spiro atoms. The van der Waals surface area contributed by atoms with E-state index >= 15 is 0 Å². The number of nitrogens with one attached hydrogen (secondary N) is 2. The lowest BCUT2D eigenvalue weighted by molar-refractivity contribution is 0.241. The van der Waals surface area contributed by atoms with E-state index in [-0.39, 0.29) is 6.03 Å². The molecule has 114 valence electrons. The summed E-state index contributed by atoms with van der Waals surface area (Å²) in [5.41, 5.74) is 2.14. The first-order chi connectivity index (χ1) is 10.8. The maximum atomic E-state index is 11.7. The highest BCUT2D eigenvalue weighted by molar-refractivity contribution is 5.74. The third-order valence-electron chi connectivity index (χ3n) is 3.10. The molecule has 2 amide bonds. The van der Waals surface area contributed by atoms with Crippen molar-refractivity contribution in [2.45, 2.75) is 6.54 Å². The van der Waals surface area contributed by atoms with Gasteiger partial charge in [0.05, 0.1) is 7.11 Å². The molecule has 2 aromatic carbocycles. The molecule has 0 aliphatic rings. The molecule has 0 aromatic heterocycles. The quantitative estimate of drug-likeness (QED) is 0.860. The second-order valence-electron chi connectivity index (χ2n) is 4.72. The van der Waals surface area contributed by atoms with Crippen molar-refractivity contribution >= 4 is 12.1 Å². The minimum Gasteiger partial charge on any atom is -0.497 e. The van der Waals surface area contributed by atoms with E-state index in [2.05, 4.69) is 10.6 Å². The molecule has 0 radical (unpaired) electrons. The Bertz CT molecular complexity index is 607. The summed E-state index contributed by atoms with van der Waals surface area (Å²) >= 11 is 0. The van der Waals surface area contributed by atoms with E-state index in [4.69, 9.17) is 4.74 Å². The lowest BCUT2D eigenvalue weighted by Crippen LogP contribution is -2.34. The van der Waals surface area contributed by atoms with E-state index in [0.717, 1.165) is 16.9 Å². The highest BCUT2D eigenvalue weighted by Gasteiger charge is 1.99. The van der Waals surface area contributed by atoms with Crippen LogP contribution >= 0.6 is 0 Å². The van der Waals surface area contributed by atoms with Gasteiger partial charge in [-0.3, -0.25) is 0 Å². The van der Waals surface area contributed by atoms with Gasteiger partial charge in [-0.25, -0.2) is 4.79 Å². The average Bonchev–Trinajstić information content (AvgIpc) is 2.58. The fourth-order valence-corrected chi connectivity index (χ4v) is 1.90. The molecule has 0 fully saturated rings. The zero-order chi connectivity index (χ0) is 15.6. The summed E-state index contributed by atoms with van der Waals surface area (Å²) in [6.07, 6.45) is 3.89. The third-order valence-corrected chi connectivity index (χ3v) is 3.10. The maximum Gasteiger partial charge on any atom is 0.315 e. The summed E-state index contributed by atoms with van der Waals surface area (Å²) in [5, 5.41) is 5.59. The van der Waals surface area contributed by atoms with Crippen LogP contribution in [0, 0.1) is 0 Å². The van der Waals surface area contributed by atoms with Gasteiger partial charge < -0.3 is 15.4 Å². The van der Waals surface area contributed by atoms with E-state index in [0.29, 0.717) is 13.1 Å². The van der Waals surface area contributed by atoms with Gasteiger partial charge in [-0.2, -0.15) is 0 Å². The van der Waals surface area contributed by atoms with E-state index in [1.54, 1.807) is 7.11 Å². The van der Waals surface area contributed by atoms with Crippen LogP contribution in [-0.4, -0.2) is 19.7 Å². The summed E-state index contributed by atoms with van der Waals surface area (Å²) in [5.74, 6) is 0.805. The second-order valence-corrected chi connectivity index (χ2v) is 4.72. The van der Waals surface area contributed by atoms with Crippen molar-refractivity contribution in [2.75, 3.05) is 13.7 Å². The van der Waals surface area contributed by atoms with Gasteiger partial charge in [0.25, 0.3) is 0 Å². The largest absolute Gasteiger partial charge is 0.497 e. The van der Waals surface area contributed by atoms with Gasteiger partial charge in [-0.1, -0.05) is 54.6 Å². The molecule has 4 heteroatoms. The Kier molecular flexibility index (Phi) is 6.05. The van der Waals surface area contributed by atoms with Gasteiger partial charge in [-0.05, 0) is 23.3 Å². The Labute approximate surface area is 130 Å². The molecule has 0 aliphatic carbocycles. The van der Waals surface area contributed by atoms with Crippen molar-refractivity contribution in [1.29, 1.82) is 0 Å². The van der Waals surface area contributed by atoms with Crippen LogP contribution < -0.4 is 15.4 Å². The first-order valence-corrected chi connectivity index (χ1v) is 7.14. The number of urea groups is 1. The van der Waals surface area contributed by atoms with Gasteiger partial charge in [-0.15, -0.1) is 0 Å². The normalized spacial score (nSPS) is 10.4. The number of benzene rings is 2. The van der Waals surface area contributed by atoms with Gasteiger partial charge in [0.2, 0.25) is 0 Å². The molecule has 0 atom stereocenters. The fourth-order valence-electron chi connectivity index (χ4n) is 1.90. The Balaban J connectivity index is 1.68. The predicted molar refractivity (Wildman–Crippen MR) is 88.7 cm³/mol. The summed E-state index contributed by atoms with van der Waals surface area (Å²) in [6.45, 7) is 0.974. The molecule has 2 aromatic rings.